The highest BCUT2D eigenvalue weighted by molar-refractivity contribution is 7.99. The minimum absolute atomic E-state index is 0.115. The molecule has 1 saturated heterocycles. The molecule has 5 heteroatoms. The molecule has 0 aliphatic carbocycles. The molecular formula is C13H27N3OS. The Labute approximate surface area is 115 Å². The van der Waals surface area contributed by atoms with Crippen LogP contribution in [0.4, 0.5) is 0 Å². The topological polar surface area (TPSA) is 61.9 Å². The summed E-state index contributed by atoms with van der Waals surface area (Å²) < 4.78 is 0. The van der Waals surface area contributed by atoms with Crippen LogP contribution in [0, 0.1) is 5.41 Å². The van der Waals surface area contributed by atoms with Crippen molar-refractivity contribution >= 4 is 17.7 Å². The summed E-state index contributed by atoms with van der Waals surface area (Å²) in [5.74, 6) is 2.96. The van der Waals surface area contributed by atoms with Gasteiger partial charge >= 0.3 is 0 Å². The molecule has 0 aromatic carbocycles. The normalized spacial score (nSPS) is 18.2. The van der Waals surface area contributed by atoms with Gasteiger partial charge in [0.15, 0.2) is 5.96 Å². The van der Waals surface area contributed by atoms with Gasteiger partial charge in [-0.15, -0.1) is 0 Å². The van der Waals surface area contributed by atoms with E-state index in [2.05, 4.69) is 23.7 Å². The molecule has 1 rings (SSSR count). The first kappa shape index (κ1) is 15.6. The Hall–Kier alpha value is -0.420. The highest BCUT2D eigenvalue weighted by atomic mass is 32.2. The molecular weight excluding hydrogens is 246 g/mol. The van der Waals surface area contributed by atoms with E-state index in [4.69, 9.17) is 5.73 Å². The number of hydrogen-bond acceptors (Lipinski definition) is 3. The predicted molar refractivity (Wildman–Crippen MR) is 80.1 cm³/mol. The minimum Gasteiger partial charge on any atom is -0.396 e. The lowest BCUT2D eigenvalue weighted by atomic mass is 9.79. The highest BCUT2D eigenvalue weighted by Gasteiger charge is 2.25. The highest BCUT2D eigenvalue weighted by Crippen LogP contribution is 2.30. The summed E-state index contributed by atoms with van der Waals surface area (Å²) in [7, 11) is 0. The summed E-state index contributed by atoms with van der Waals surface area (Å²) >= 11 is 1.97. The Bertz CT molecular complexity index is 261. The van der Waals surface area contributed by atoms with Crippen molar-refractivity contribution in [3.05, 3.63) is 0 Å². The van der Waals surface area contributed by atoms with Crippen LogP contribution < -0.4 is 5.73 Å². The average Bonchev–Trinajstić information content (AvgIpc) is 2.44. The Balaban J connectivity index is 2.57. The third-order valence-electron chi connectivity index (χ3n) is 4.05. The molecule has 0 bridgehead atoms. The molecule has 1 aliphatic heterocycles. The second-order valence-electron chi connectivity index (χ2n) is 4.95. The standard InChI is InChI=1S/C13H27N3OS/c1-3-13(4-2,5-8-17)11-15-12(14)16-6-9-18-10-7-16/h17H,3-11H2,1-2H3,(H2,14,15). The van der Waals surface area contributed by atoms with Gasteiger partial charge in [-0.2, -0.15) is 11.8 Å². The van der Waals surface area contributed by atoms with E-state index >= 15 is 0 Å². The van der Waals surface area contributed by atoms with E-state index in [0.717, 1.165) is 50.4 Å². The molecule has 0 amide bonds. The van der Waals surface area contributed by atoms with Crippen LogP contribution in [-0.4, -0.2) is 53.7 Å². The summed E-state index contributed by atoms with van der Waals surface area (Å²) in [6.07, 6.45) is 2.89. The smallest absolute Gasteiger partial charge is 0.191 e. The summed E-state index contributed by atoms with van der Waals surface area (Å²) in [4.78, 5) is 6.75. The number of nitrogens with zero attached hydrogens (tertiary/aromatic N) is 2. The zero-order valence-corrected chi connectivity index (χ0v) is 12.5. The molecule has 1 aliphatic rings. The fourth-order valence-electron chi connectivity index (χ4n) is 2.28. The van der Waals surface area contributed by atoms with Crippen LogP contribution in [0.2, 0.25) is 0 Å². The molecule has 0 atom stereocenters. The molecule has 1 fully saturated rings. The van der Waals surface area contributed by atoms with Crippen LogP contribution in [-0.2, 0) is 0 Å². The number of aliphatic hydroxyl groups excluding tert-OH is 1. The lowest BCUT2D eigenvalue weighted by molar-refractivity contribution is 0.175. The predicted octanol–water partition coefficient (Wildman–Crippen LogP) is 1.54. The number of hydrogen-bond donors (Lipinski definition) is 2. The van der Waals surface area contributed by atoms with Crippen molar-refractivity contribution in [3.8, 4) is 0 Å². The van der Waals surface area contributed by atoms with Crippen molar-refractivity contribution in [3.63, 3.8) is 0 Å². The van der Waals surface area contributed by atoms with E-state index in [-0.39, 0.29) is 12.0 Å². The van der Waals surface area contributed by atoms with Crippen molar-refractivity contribution in [1.82, 2.24) is 4.90 Å². The van der Waals surface area contributed by atoms with Gasteiger partial charge in [0.25, 0.3) is 0 Å². The number of aliphatic hydroxyl groups is 1. The van der Waals surface area contributed by atoms with Gasteiger partial charge in [-0.05, 0) is 24.7 Å². The van der Waals surface area contributed by atoms with E-state index in [1.165, 1.54) is 0 Å². The quantitative estimate of drug-likeness (QED) is 0.569. The van der Waals surface area contributed by atoms with Gasteiger partial charge in [-0.3, -0.25) is 4.99 Å². The van der Waals surface area contributed by atoms with Gasteiger partial charge in [0.2, 0.25) is 0 Å². The number of nitrogens with two attached hydrogens (primary N) is 1. The van der Waals surface area contributed by atoms with Crippen LogP contribution in [0.3, 0.4) is 0 Å². The molecule has 0 aromatic heterocycles. The lowest BCUT2D eigenvalue weighted by Gasteiger charge is -2.31. The van der Waals surface area contributed by atoms with Crippen LogP contribution in [0.15, 0.2) is 4.99 Å². The molecule has 0 aromatic rings. The number of thioether (sulfide) groups is 1. The van der Waals surface area contributed by atoms with Gasteiger partial charge in [-0.25, -0.2) is 0 Å². The minimum atomic E-state index is 0.115. The molecule has 0 spiro atoms. The number of aliphatic imine (C=N–C) groups is 1. The third-order valence-corrected chi connectivity index (χ3v) is 5.00. The molecule has 0 radical (unpaired) electrons. The first-order valence-corrected chi connectivity index (χ1v) is 8.06. The second-order valence-corrected chi connectivity index (χ2v) is 6.18. The fourth-order valence-corrected chi connectivity index (χ4v) is 3.19. The average molecular weight is 273 g/mol. The summed E-state index contributed by atoms with van der Waals surface area (Å²) in [6.45, 7) is 7.31. The summed E-state index contributed by atoms with van der Waals surface area (Å²) in [5.41, 5.74) is 6.18. The van der Waals surface area contributed by atoms with Gasteiger partial charge in [0.1, 0.15) is 0 Å². The van der Waals surface area contributed by atoms with E-state index in [1.54, 1.807) is 0 Å². The van der Waals surface area contributed by atoms with E-state index in [9.17, 15) is 5.11 Å². The lowest BCUT2D eigenvalue weighted by Crippen LogP contribution is -2.43. The molecule has 1 heterocycles. The van der Waals surface area contributed by atoms with Gasteiger partial charge in [0, 0.05) is 37.7 Å². The Kier molecular flexibility index (Phi) is 6.86. The zero-order chi connectivity index (χ0) is 13.4. The molecule has 0 unspecified atom stereocenters. The second kappa shape index (κ2) is 7.89. The molecule has 18 heavy (non-hydrogen) atoms. The van der Waals surface area contributed by atoms with Gasteiger partial charge in [0.05, 0.1) is 0 Å². The van der Waals surface area contributed by atoms with Crippen LogP contribution in [0.25, 0.3) is 0 Å². The zero-order valence-electron chi connectivity index (χ0n) is 11.7. The SMILES string of the molecule is CCC(CC)(CCO)CN=C(N)N1CCSCC1. The van der Waals surface area contributed by atoms with Gasteiger partial charge in [-0.1, -0.05) is 13.8 Å². The molecule has 0 saturated carbocycles. The first-order chi connectivity index (χ1) is 8.67. The molecule has 3 N–H and O–H groups in total. The first-order valence-electron chi connectivity index (χ1n) is 6.91. The van der Waals surface area contributed by atoms with Crippen molar-refractivity contribution in [2.75, 3.05) is 37.7 Å². The van der Waals surface area contributed by atoms with E-state index < -0.39 is 0 Å². The van der Waals surface area contributed by atoms with Crippen molar-refractivity contribution in [1.29, 1.82) is 0 Å². The molecule has 4 nitrogen and oxygen atoms in total. The Morgan fingerprint density at radius 2 is 1.94 bits per heavy atom. The monoisotopic (exact) mass is 273 g/mol. The van der Waals surface area contributed by atoms with Crippen molar-refractivity contribution < 1.29 is 5.11 Å². The third kappa shape index (κ3) is 4.35. The maximum Gasteiger partial charge on any atom is 0.191 e. The maximum atomic E-state index is 9.19. The number of rotatable bonds is 6. The summed E-state index contributed by atoms with van der Waals surface area (Å²) in [6, 6.07) is 0. The largest absolute Gasteiger partial charge is 0.396 e. The van der Waals surface area contributed by atoms with Crippen LogP contribution >= 0.6 is 11.8 Å². The maximum absolute atomic E-state index is 9.19. The van der Waals surface area contributed by atoms with E-state index in [1.807, 2.05) is 11.8 Å². The van der Waals surface area contributed by atoms with Crippen molar-refractivity contribution in [2.45, 2.75) is 33.1 Å². The Morgan fingerprint density at radius 1 is 1.33 bits per heavy atom. The molecule has 106 valence electrons. The van der Waals surface area contributed by atoms with Gasteiger partial charge < -0.3 is 15.7 Å². The number of guanidine groups is 1. The fraction of sp³-hybridized carbons (Fsp3) is 0.923. The Morgan fingerprint density at radius 3 is 2.44 bits per heavy atom. The van der Waals surface area contributed by atoms with Crippen LogP contribution in [0.1, 0.15) is 33.1 Å². The van der Waals surface area contributed by atoms with E-state index in [0.29, 0.717) is 5.96 Å². The van der Waals surface area contributed by atoms with Crippen LogP contribution in [0.5, 0.6) is 0 Å². The summed E-state index contributed by atoms with van der Waals surface area (Å²) in [5, 5.41) is 9.19. The van der Waals surface area contributed by atoms with Crippen molar-refractivity contribution in [2.24, 2.45) is 16.1 Å².